The standard InChI is InChI=1S/C21H30N4O2/c1-3-22-20(24-15-21(2)12-8-7-11-18(21)26)23-13-17-14-27-19(25-17)16-9-5-4-6-10-16/h4-6,9-10,14,18,26H,3,7-8,11-13,15H2,1-2H3,(H2,22,23,24). The molecule has 1 heterocycles. The Labute approximate surface area is 161 Å². The predicted molar refractivity (Wildman–Crippen MR) is 107 cm³/mol. The first kappa shape index (κ1) is 19.4. The summed E-state index contributed by atoms with van der Waals surface area (Å²) in [6, 6.07) is 9.84. The van der Waals surface area contributed by atoms with Crippen molar-refractivity contribution in [3.63, 3.8) is 0 Å². The summed E-state index contributed by atoms with van der Waals surface area (Å²) in [5.41, 5.74) is 1.63. The van der Waals surface area contributed by atoms with Gasteiger partial charge >= 0.3 is 0 Å². The summed E-state index contributed by atoms with van der Waals surface area (Å²) in [5, 5.41) is 17.0. The van der Waals surface area contributed by atoms with E-state index in [1.807, 2.05) is 37.3 Å². The first-order chi connectivity index (χ1) is 13.1. The molecule has 3 N–H and O–H groups in total. The van der Waals surface area contributed by atoms with Crippen molar-refractivity contribution in [1.29, 1.82) is 0 Å². The van der Waals surface area contributed by atoms with E-state index in [1.54, 1.807) is 6.26 Å². The number of aliphatic hydroxyl groups is 1. The zero-order chi connectivity index (χ0) is 19.1. The van der Waals surface area contributed by atoms with Crippen LogP contribution in [-0.2, 0) is 6.54 Å². The third kappa shape index (κ3) is 5.10. The topological polar surface area (TPSA) is 82.7 Å². The lowest BCUT2D eigenvalue weighted by Crippen LogP contribution is -2.48. The quantitative estimate of drug-likeness (QED) is 0.537. The zero-order valence-electron chi connectivity index (χ0n) is 16.2. The van der Waals surface area contributed by atoms with Crippen molar-refractivity contribution in [1.82, 2.24) is 15.6 Å². The van der Waals surface area contributed by atoms with Gasteiger partial charge in [0, 0.05) is 24.1 Å². The molecule has 2 atom stereocenters. The van der Waals surface area contributed by atoms with E-state index >= 15 is 0 Å². The van der Waals surface area contributed by atoms with Crippen LogP contribution in [0.25, 0.3) is 11.5 Å². The van der Waals surface area contributed by atoms with Crippen molar-refractivity contribution in [3.8, 4) is 11.5 Å². The molecule has 0 radical (unpaired) electrons. The second-order valence-electron chi connectivity index (χ2n) is 7.47. The van der Waals surface area contributed by atoms with Crippen molar-refractivity contribution in [2.45, 2.75) is 52.2 Å². The highest BCUT2D eigenvalue weighted by Crippen LogP contribution is 2.35. The van der Waals surface area contributed by atoms with Gasteiger partial charge in [-0.25, -0.2) is 9.98 Å². The molecular weight excluding hydrogens is 340 g/mol. The Morgan fingerprint density at radius 1 is 1.30 bits per heavy atom. The SMILES string of the molecule is CCNC(=NCc1coc(-c2ccccc2)n1)NCC1(C)CCCCC1O. The summed E-state index contributed by atoms with van der Waals surface area (Å²) in [4.78, 5) is 9.14. The van der Waals surface area contributed by atoms with Crippen LogP contribution < -0.4 is 10.6 Å². The molecule has 2 aromatic rings. The first-order valence-electron chi connectivity index (χ1n) is 9.81. The van der Waals surface area contributed by atoms with E-state index in [0.29, 0.717) is 19.0 Å². The van der Waals surface area contributed by atoms with E-state index in [2.05, 4.69) is 27.5 Å². The lowest BCUT2D eigenvalue weighted by atomic mass is 9.73. The molecule has 1 aromatic heterocycles. The summed E-state index contributed by atoms with van der Waals surface area (Å²) in [6.07, 6.45) is 5.59. The molecule has 6 heteroatoms. The number of rotatable bonds is 6. The van der Waals surface area contributed by atoms with Crippen LogP contribution in [0.4, 0.5) is 0 Å². The third-order valence-corrected chi connectivity index (χ3v) is 5.26. The molecule has 1 aromatic carbocycles. The number of benzene rings is 1. The summed E-state index contributed by atoms with van der Waals surface area (Å²) >= 11 is 0. The van der Waals surface area contributed by atoms with Gasteiger partial charge in [-0.3, -0.25) is 0 Å². The largest absolute Gasteiger partial charge is 0.444 e. The maximum atomic E-state index is 10.4. The molecule has 1 aliphatic rings. The van der Waals surface area contributed by atoms with Crippen LogP contribution in [-0.4, -0.2) is 35.2 Å². The normalized spacial score (nSPS) is 23.2. The second-order valence-corrected chi connectivity index (χ2v) is 7.47. The molecular formula is C21H30N4O2. The molecule has 1 aliphatic carbocycles. The number of aromatic nitrogens is 1. The molecule has 6 nitrogen and oxygen atoms in total. The van der Waals surface area contributed by atoms with Crippen LogP contribution in [0.15, 0.2) is 46.0 Å². The Balaban J connectivity index is 1.61. The fourth-order valence-corrected chi connectivity index (χ4v) is 3.47. The average Bonchev–Trinajstić information content (AvgIpc) is 3.16. The molecule has 0 saturated heterocycles. The Kier molecular flexibility index (Phi) is 6.50. The Morgan fingerprint density at radius 3 is 2.85 bits per heavy atom. The molecule has 0 spiro atoms. The molecule has 3 rings (SSSR count). The average molecular weight is 370 g/mol. The Morgan fingerprint density at radius 2 is 2.11 bits per heavy atom. The van der Waals surface area contributed by atoms with Crippen LogP contribution in [0.1, 0.15) is 45.2 Å². The van der Waals surface area contributed by atoms with Gasteiger partial charge < -0.3 is 20.2 Å². The third-order valence-electron chi connectivity index (χ3n) is 5.26. The van der Waals surface area contributed by atoms with Crippen molar-refractivity contribution in [3.05, 3.63) is 42.3 Å². The minimum atomic E-state index is -0.259. The van der Waals surface area contributed by atoms with Gasteiger partial charge in [0.05, 0.1) is 12.6 Å². The van der Waals surface area contributed by atoms with Crippen LogP contribution in [0.2, 0.25) is 0 Å². The van der Waals surface area contributed by atoms with E-state index in [4.69, 9.17) is 4.42 Å². The molecule has 27 heavy (non-hydrogen) atoms. The van der Waals surface area contributed by atoms with Crippen LogP contribution in [0.5, 0.6) is 0 Å². The molecule has 1 fully saturated rings. The maximum absolute atomic E-state index is 10.4. The summed E-state index contributed by atoms with van der Waals surface area (Å²) in [7, 11) is 0. The fourth-order valence-electron chi connectivity index (χ4n) is 3.47. The number of nitrogens with one attached hydrogen (secondary N) is 2. The zero-order valence-corrected chi connectivity index (χ0v) is 16.2. The number of hydrogen-bond donors (Lipinski definition) is 3. The minimum absolute atomic E-state index is 0.108. The van der Waals surface area contributed by atoms with Crippen LogP contribution in [0, 0.1) is 5.41 Å². The van der Waals surface area contributed by atoms with Gasteiger partial charge in [0.15, 0.2) is 5.96 Å². The lowest BCUT2D eigenvalue weighted by Gasteiger charge is -2.38. The van der Waals surface area contributed by atoms with E-state index in [9.17, 15) is 5.11 Å². The number of nitrogens with zero attached hydrogens (tertiary/aromatic N) is 2. The van der Waals surface area contributed by atoms with Crippen LogP contribution >= 0.6 is 0 Å². The van der Waals surface area contributed by atoms with Gasteiger partial charge in [-0.05, 0) is 31.9 Å². The van der Waals surface area contributed by atoms with Gasteiger partial charge in [-0.15, -0.1) is 0 Å². The van der Waals surface area contributed by atoms with E-state index in [0.717, 1.165) is 43.0 Å². The molecule has 0 aliphatic heterocycles. The molecule has 2 unspecified atom stereocenters. The van der Waals surface area contributed by atoms with Crippen molar-refractivity contribution in [2.75, 3.05) is 13.1 Å². The molecule has 0 bridgehead atoms. The number of aliphatic imine (C=N–C) groups is 1. The van der Waals surface area contributed by atoms with Gasteiger partial charge in [0.2, 0.25) is 5.89 Å². The van der Waals surface area contributed by atoms with E-state index in [-0.39, 0.29) is 11.5 Å². The van der Waals surface area contributed by atoms with Crippen molar-refractivity contribution >= 4 is 5.96 Å². The minimum Gasteiger partial charge on any atom is -0.444 e. The molecule has 0 amide bonds. The monoisotopic (exact) mass is 370 g/mol. The fraction of sp³-hybridized carbons (Fsp3) is 0.524. The predicted octanol–water partition coefficient (Wildman–Crippen LogP) is 3.34. The highest BCUT2D eigenvalue weighted by Gasteiger charge is 2.35. The van der Waals surface area contributed by atoms with Crippen molar-refractivity contribution < 1.29 is 9.52 Å². The summed E-state index contributed by atoms with van der Waals surface area (Å²) in [5.74, 6) is 1.34. The molecule has 146 valence electrons. The van der Waals surface area contributed by atoms with Crippen LogP contribution in [0.3, 0.4) is 0 Å². The number of oxazole rings is 1. The summed E-state index contributed by atoms with van der Waals surface area (Å²) < 4.78 is 5.57. The Hall–Kier alpha value is -2.34. The lowest BCUT2D eigenvalue weighted by molar-refractivity contribution is 0.00397. The second kappa shape index (κ2) is 9.04. The van der Waals surface area contributed by atoms with Gasteiger partial charge in [-0.2, -0.15) is 0 Å². The van der Waals surface area contributed by atoms with Gasteiger partial charge in [0.1, 0.15) is 12.0 Å². The highest BCUT2D eigenvalue weighted by molar-refractivity contribution is 5.79. The maximum Gasteiger partial charge on any atom is 0.226 e. The highest BCUT2D eigenvalue weighted by atomic mass is 16.3. The number of hydrogen-bond acceptors (Lipinski definition) is 4. The van der Waals surface area contributed by atoms with E-state index < -0.39 is 0 Å². The first-order valence-corrected chi connectivity index (χ1v) is 9.81. The van der Waals surface area contributed by atoms with Crippen molar-refractivity contribution in [2.24, 2.45) is 10.4 Å². The van der Waals surface area contributed by atoms with Gasteiger partial charge in [-0.1, -0.05) is 38.0 Å². The Bertz CT molecular complexity index is 744. The smallest absolute Gasteiger partial charge is 0.226 e. The summed E-state index contributed by atoms with van der Waals surface area (Å²) in [6.45, 7) is 6.10. The number of guanidine groups is 1. The number of aliphatic hydroxyl groups excluding tert-OH is 1. The van der Waals surface area contributed by atoms with Gasteiger partial charge in [0.25, 0.3) is 0 Å². The molecule has 1 saturated carbocycles. The van der Waals surface area contributed by atoms with E-state index in [1.165, 1.54) is 6.42 Å².